The van der Waals surface area contributed by atoms with E-state index >= 15 is 0 Å². The molecule has 1 atom stereocenters. The summed E-state index contributed by atoms with van der Waals surface area (Å²) in [5.74, 6) is -1.38. The minimum atomic E-state index is -1.15. The number of carbonyl (C=O) groups is 1. The molecule has 0 aliphatic carbocycles. The number of hydrogen-bond acceptors (Lipinski definition) is 3. The van der Waals surface area contributed by atoms with Gasteiger partial charge in [-0.3, -0.25) is 0 Å². The van der Waals surface area contributed by atoms with Gasteiger partial charge in [-0.15, -0.1) is 12.4 Å². The Labute approximate surface area is 94.1 Å². The molecule has 0 fully saturated rings. The van der Waals surface area contributed by atoms with Crippen molar-refractivity contribution in [1.29, 1.82) is 0 Å². The number of halogens is 1. The molecule has 0 amide bonds. The van der Waals surface area contributed by atoms with E-state index in [4.69, 9.17) is 10.8 Å². The van der Waals surface area contributed by atoms with Crippen LogP contribution < -0.4 is 5.73 Å². The lowest BCUT2D eigenvalue weighted by Gasteiger charge is -2.10. The summed E-state index contributed by atoms with van der Waals surface area (Å²) in [6.07, 6.45) is 0.726. The lowest BCUT2D eigenvalue weighted by molar-refractivity contribution is 0.0693. The molecule has 15 heavy (non-hydrogen) atoms. The lowest BCUT2D eigenvalue weighted by atomic mass is 10.0. The van der Waals surface area contributed by atoms with Gasteiger partial charge < -0.3 is 15.9 Å². The molecule has 0 saturated heterocycles. The smallest absolute Gasteiger partial charge is 0.339 e. The van der Waals surface area contributed by atoms with Crippen molar-refractivity contribution < 1.29 is 15.0 Å². The highest BCUT2D eigenvalue weighted by atomic mass is 35.5. The van der Waals surface area contributed by atoms with Gasteiger partial charge >= 0.3 is 5.97 Å². The van der Waals surface area contributed by atoms with Crippen LogP contribution >= 0.6 is 12.4 Å². The van der Waals surface area contributed by atoms with E-state index in [1.54, 1.807) is 6.07 Å². The van der Waals surface area contributed by atoms with Gasteiger partial charge in [0.05, 0.1) is 0 Å². The normalized spacial score (nSPS) is 11.6. The number of rotatable bonds is 3. The van der Waals surface area contributed by atoms with Crippen LogP contribution in [0.4, 0.5) is 0 Å². The molecule has 4 nitrogen and oxygen atoms in total. The van der Waals surface area contributed by atoms with E-state index in [1.165, 1.54) is 12.1 Å². The maximum Gasteiger partial charge on any atom is 0.339 e. The van der Waals surface area contributed by atoms with Crippen molar-refractivity contribution in [2.45, 2.75) is 19.4 Å². The van der Waals surface area contributed by atoms with Crippen LogP contribution in [0, 0.1) is 0 Å². The summed E-state index contributed by atoms with van der Waals surface area (Å²) in [4.78, 5) is 10.7. The van der Waals surface area contributed by atoms with Crippen LogP contribution in [0.1, 0.15) is 35.3 Å². The summed E-state index contributed by atoms with van der Waals surface area (Å²) in [5, 5.41) is 18.0. The summed E-state index contributed by atoms with van der Waals surface area (Å²) < 4.78 is 0. The van der Waals surface area contributed by atoms with E-state index in [0.29, 0.717) is 0 Å². The second-order valence-corrected chi connectivity index (χ2v) is 3.10. The molecule has 1 aromatic rings. The second kappa shape index (κ2) is 5.58. The quantitative estimate of drug-likeness (QED) is 0.742. The highest BCUT2D eigenvalue weighted by Crippen LogP contribution is 2.22. The van der Waals surface area contributed by atoms with Crippen LogP contribution in [0.3, 0.4) is 0 Å². The monoisotopic (exact) mass is 231 g/mol. The molecule has 0 saturated carbocycles. The molecule has 0 unspecified atom stereocenters. The first-order valence-electron chi connectivity index (χ1n) is 4.38. The Bertz CT molecular complexity index is 355. The molecular weight excluding hydrogens is 218 g/mol. The number of carboxylic acids is 1. The third-order valence-corrected chi connectivity index (χ3v) is 2.12. The Morgan fingerprint density at radius 1 is 1.53 bits per heavy atom. The molecule has 1 aromatic carbocycles. The number of phenols is 1. The van der Waals surface area contributed by atoms with Crippen molar-refractivity contribution in [2.75, 3.05) is 0 Å². The minimum absolute atomic E-state index is 0. The summed E-state index contributed by atoms with van der Waals surface area (Å²) in [6.45, 7) is 1.91. The largest absolute Gasteiger partial charge is 0.507 e. The summed E-state index contributed by atoms with van der Waals surface area (Å²) in [6, 6.07) is 4.21. The van der Waals surface area contributed by atoms with E-state index in [9.17, 15) is 9.90 Å². The molecular formula is C10H14ClNO3. The SMILES string of the molecule is CC[C@@H](N)c1ccc(O)c(C(=O)O)c1.Cl. The molecule has 4 N–H and O–H groups in total. The molecule has 0 bridgehead atoms. The van der Waals surface area contributed by atoms with Gasteiger partial charge in [-0.1, -0.05) is 13.0 Å². The Kier molecular flexibility index (Phi) is 5.11. The van der Waals surface area contributed by atoms with Crippen LogP contribution in [0.15, 0.2) is 18.2 Å². The van der Waals surface area contributed by atoms with Crippen molar-refractivity contribution in [3.8, 4) is 5.75 Å². The highest BCUT2D eigenvalue weighted by molar-refractivity contribution is 5.90. The average molecular weight is 232 g/mol. The molecule has 0 radical (unpaired) electrons. The molecule has 0 aliphatic heterocycles. The van der Waals surface area contributed by atoms with Crippen LogP contribution in [-0.4, -0.2) is 16.2 Å². The van der Waals surface area contributed by atoms with E-state index in [0.717, 1.165) is 12.0 Å². The van der Waals surface area contributed by atoms with Crippen LogP contribution in [-0.2, 0) is 0 Å². The van der Waals surface area contributed by atoms with Crippen LogP contribution in [0.25, 0.3) is 0 Å². The summed E-state index contributed by atoms with van der Waals surface area (Å²) in [7, 11) is 0. The van der Waals surface area contributed by atoms with Gasteiger partial charge in [-0.05, 0) is 24.1 Å². The molecule has 0 spiro atoms. The molecule has 5 heteroatoms. The van der Waals surface area contributed by atoms with Crippen molar-refractivity contribution >= 4 is 18.4 Å². The standard InChI is InChI=1S/C10H13NO3.ClH/c1-2-8(11)6-3-4-9(12)7(5-6)10(13)14;/h3-5,8,12H,2,11H2,1H3,(H,13,14);1H/t8-;/m1./s1. The number of nitrogens with two attached hydrogens (primary N) is 1. The number of hydrogen-bond donors (Lipinski definition) is 3. The first-order chi connectivity index (χ1) is 6.56. The fourth-order valence-corrected chi connectivity index (χ4v) is 1.19. The van der Waals surface area contributed by atoms with Crippen molar-refractivity contribution in [2.24, 2.45) is 5.73 Å². The molecule has 0 aromatic heterocycles. The maximum absolute atomic E-state index is 10.7. The Morgan fingerprint density at radius 3 is 2.60 bits per heavy atom. The van der Waals surface area contributed by atoms with E-state index in [2.05, 4.69) is 0 Å². The predicted octanol–water partition coefficient (Wildman–Crippen LogP) is 1.92. The molecule has 0 aliphatic rings. The van der Waals surface area contributed by atoms with Crippen LogP contribution in [0.2, 0.25) is 0 Å². The zero-order chi connectivity index (χ0) is 10.7. The van der Waals surface area contributed by atoms with Gasteiger partial charge in [-0.25, -0.2) is 4.79 Å². The fraction of sp³-hybridized carbons (Fsp3) is 0.300. The van der Waals surface area contributed by atoms with E-state index in [1.807, 2.05) is 6.92 Å². The van der Waals surface area contributed by atoms with Gasteiger partial charge in [0, 0.05) is 6.04 Å². The predicted molar refractivity (Wildman–Crippen MR) is 59.5 cm³/mol. The van der Waals surface area contributed by atoms with Crippen LogP contribution in [0.5, 0.6) is 5.75 Å². The lowest BCUT2D eigenvalue weighted by Crippen LogP contribution is -2.09. The average Bonchev–Trinajstić information content (AvgIpc) is 2.17. The minimum Gasteiger partial charge on any atom is -0.507 e. The molecule has 84 valence electrons. The van der Waals surface area contributed by atoms with E-state index < -0.39 is 5.97 Å². The molecule has 0 heterocycles. The third-order valence-electron chi connectivity index (χ3n) is 2.12. The zero-order valence-corrected chi connectivity index (χ0v) is 9.12. The molecule has 1 rings (SSSR count). The third kappa shape index (κ3) is 3.11. The summed E-state index contributed by atoms with van der Waals surface area (Å²) in [5.41, 5.74) is 6.36. The Hall–Kier alpha value is -1.26. The van der Waals surface area contributed by atoms with Gasteiger partial charge in [0.25, 0.3) is 0 Å². The van der Waals surface area contributed by atoms with Crippen molar-refractivity contribution in [3.63, 3.8) is 0 Å². The maximum atomic E-state index is 10.7. The number of carboxylic acid groups (broad SMARTS) is 1. The zero-order valence-electron chi connectivity index (χ0n) is 8.30. The van der Waals surface area contributed by atoms with Crippen molar-refractivity contribution in [1.82, 2.24) is 0 Å². The number of aromatic hydroxyl groups is 1. The number of aromatic carboxylic acids is 1. The van der Waals surface area contributed by atoms with Gasteiger partial charge in [0.1, 0.15) is 11.3 Å². The topological polar surface area (TPSA) is 83.5 Å². The highest BCUT2D eigenvalue weighted by Gasteiger charge is 2.12. The first kappa shape index (κ1) is 13.7. The first-order valence-corrected chi connectivity index (χ1v) is 4.38. The van der Waals surface area contributed by atoms with Gasteiger partial charge in [-0.2, -0.15) is 0 Å². The van der Waals surface area contributed by atoms with E-state index in [-0.39, 0.29) is 29.8 Å². The fourth-order valence-electron chi connectivity index (χ4n) is 1.19. The van der Waals surface area contributed by atoms with Gasteiger partial charge in [0.2, 0.25) is 0 Å². The Morgan fingerprint density at radius 2 is 2.13 bits per heavy atom. The second-order valence-electron chi connectivity index (χ2n) is 3.10. The van der Waals surface area contributed by atoms with Gasteiger partial charge in [0.15, 0.2) is 0 Å². The summed E-state index contributed by atoms with van der Waals surface area (Å²) >= 11 is 0. The van der Waals surface area contributed by atoms with Crippen molar-refractivity contribution in [3.05, 3.63) is 29.3 Å². The number of benzene rings is 1. The Balaban J connectivity index is 0.00000196.